The number of unbranched alkanes of at least 4 members (excludes halogenated alkanes) is 2. The van der Waals surface area contributed by atoms with Gasteiger partial charge in [-0.3, -0.25) is 14.5 Å². The molecule has 0 aliphatic carbocycles. The Labute approximate surface area is 247 Å². The van der Waals surface area contributed by atoms with Crippen LogP contribution in [0.4, 0.5) is 0 Å². The molecular formula is C33H54N3O5+. The van der Waals surface area contributed by atoms with Crippen molar-refractivity contribution in [2.24, 2.45) is 11.3 Å². The molecule has 1 aromatic carbocycles. The second-order valence-corrected chi connectivity index (χ2v) is 13.9. The van der Waals surface area contributed by atoms with Crippen LogP contribution in [0.2, 0.25) is 0 Å². The number of carboxylic acid groups (broad SMARTS) is 1. The molecular weight excluding hydrogens is 518 g/mol. The molecule has 3 unspecified atom stereocenters. The number of nitrogens with zero attached hydrogens (tertiary/aromatic N) is 3. The number of aliphatic carboxylic acids is 1. The third-order valence-electron chi connectivity index (χ3n) is 8.25. The van der Waals surface area contributed by atoms with Gasteiger partial charge in [0.1, 0.15) is 0 Å². The van der Waals surface area contributed by atoms with Gasteiger partial charge in [0.2, 0.25) is 12.7 Å². The van der Waals surface area contributed by atoms with Gasteiger partial charge in [0.25, 0.3) is 0 Å². The normalized spacial score (nSPS) is 20.7. The second kappa shape index (κ2) is 14.1. The molecule has 3 atom stereocenters. The third kappa shape index (κ3) is 9.47. The Morgan fingerprint density at radius 2 is 1.78 bits per heavy atom. The number of carbonyl (C=O) groups is 2. The Morgan fingerprint density at radius 3 is 2.41 bits per heavy atom. The first kappa shape index (κ1) is 32.9. The maximum Gasteiger partial charge on any atom is 0.308 e. The molecule has 1 aromatic rings. The van der Waals surface area contributed by atoms with Crippen LogP contribution in [-0.2, 0) is 9.59 Å². The van der Waals surface area contributed by atoms with Crippen LogP contribution in [-0.4, -0.2) is 98.0 Å². The van der Waals surface area contributed by atoms with Crippen LogP contribution in [0, 0.1) is 11.3 Å². The van der Waals surface area contributed by atoms with Crippen LogP contribution in [0.3, 0.4) is 0 Å². The average molecular weight is 573 g/mol. The Balaban J connectivity index is 1.87. The molecule has 1 N–H and O–H groups in total. The molecule has 2 aliphatic heterocycles. The minimum absolute atomic E-state index is 0.101. The number of benzene rings is 1. The zero-order valence-electron chi connectivity index (χ0n) is 26.7. The van der Waals surface area contributed by atoms with Gasteiger partial charge in [-0.2, -0.15) is 0 Å². The third-order valence-corrected chi connectivity index (χ3v) is 8.25. The highest BCUT2D eigenvalue weighted by Gasteiger charge is 2.48. The van der Waals surface area contributed by atoms with Crippen molar-refractivity contribution in [1.29, 1.82) is 0 Å². The minimum Gasteiger partial charge on any atom is -0.481 e. The van der Waals surface area contributed by atoms with E-state index in [1.54, 1.807) is 0 Å². The van der Waals surface area contributed by atoms with Crippen molar-refractivity contribution in [3.63, 3.8) is 0 Å². The Morgan fingerprint density at radius 1 is 1.10 bits per heavy atom. The molecule has 2 heterocycles. The minimum atomic E-state index is -0.816. The van der Waals surface area contributed by atoms with Gasteiger partial charge in [0.15, 0.2) is 11.5 Å². The number of likely N-dealkylation sites (tertiary alicyclic amines) is 1. The van der Waals surface area contributed by atoms with E-state index in [0.717, 1.165) is 55.4 Å². The van der Waals surface area contributed by atoms with E-state index < -0.39 is 11.9 Å². The van der Waals surface area contributed by atoms with Gasteiger partial charge >= 0.3 is 5.97 Å². The summed E-state index contributed by atoms with van der Waals surface area (Å²) in [5, 5.41) is 10.6. The summed E-state index contributed by atoms with van der Waals surface area (Å²) in [5.74, 6) is -0.267. The summed E-state index contributed by atoms with van der Waals surface area (Å²) in [6.45, 7) is 14.1. The maximum absolute atomic E-state index is 13.8. The van der Waals surface area contributed by atoms with Crippen molar-refractivity contribution in [1.82, 2.24) is 9.80 Å². The Kier molecular flexibility index (Phi) is 11.3. The van der Waals surface area contributed by atoms with Crippen LogP contribution in [0.1, 0.15) is 78.2 Å². The second-order valence-electron chi connectivity index (χ2n) is 13.9. The molecule has 0 saturated carbocycles. The number of carbonyl (C=O) groups excluding carboxylic acids is 1. The summed E-state index contributed by atoms with van der Waals surface area (Å²) in [5.41, 5.74) is 1.91. The number of allylic oxidation sites excluding steroid dienone is 2. The average Bonchev–Trinajstić information content (AvgIpc) is 3.46. The van der Waals surface area contributed by atoms with Gasteiger partial charge in [0.05, 0.1) is 40.2 Å². The van der Waals surface area contributed by atoms with Crippen molar-refractivity contribution >= 4 is 11.9 Å². The van der Waals surface area contributed by atoms with E-state index in [0.29, 0.717) is 24.5 Å². The Hall–Kier alpha value is -2.58. The first-order valence-electron chi connectivity index (χ1n) is 15.3. The largest absolute Gasteiger partial charge is 0.481 e. The van der Waals surface area contributed by atoms with Gasteiger partial charge in [-0.15, -0.1) is 0 Å². The fourth-order valence-corrected chi connectivity index (χ4v) is 6.48. The zero-order valence-corrected chi connectivity index (χ0v) is 26.7. The number of hydrogen-bond acceptors (Lipinski definition) is 5. The van der Waals surface area contributed by atoms with Gasteiger partial charge in [-0.1, -0.05) is 44.9 Å². The summed E-state index contributed by atoms with van der Waals surface area (Å²) in [6, 6.07) is 5.48. The lowest BCUT2D eigenvalue weighted by Gasteiger charge is -2.34. The quantitative estimate of drug-likeness (QED) is 0.173. The van der Waals surface area contributed by atoms with E-state index >= 15 is 0 Å². The highest BCUT2D eigenvalue weighted by atomic mass is 16.7. The topological polar surface area (TPSA) is 79.3 Å². The lowest BCUT2D eigenvalue weighted by atomic mass is 9.77. The van der Waals surface area contributed by atoms with E-state index in [-0.39, 0.29) is 36.6 Å². The number of fused-ring (bicyclic) bond motifs is 1. The van der Waals surface area contributed by atoms with Crippen molar-refractivity contribution in [2.75, 3.05) is 60.7 Å². The number of ether oxygens (including phenoxy) is 2. The molecule has 0 spiro atoms. The predicted octanol–water partition coefficient (Wildman–Crippen LogP) is 5.38. The standard InChI is InChI=1S/C33H53N3O5/c1-9-10-15-34(16-11-12-17-36(6,7)8)30(37)22-35-21-26(25-13-14-28-29(18-25)41-23-40-28)31(32(38)39)27(35)20-33(4,5)19-24(2)3/h13-14,18-19,26-27,31H,9-12,15-17,20-23H2,1-8H3/p+1. The van der Waals surface area contributed by atoms with Gasteiger partial charge in [-0.05, 0) is 62.6 Å². The molecule has 1 amide bonds. The molecule has 8 nitrogen and oxygen atoms in total. The van der Waals surface area contributed by atoms with Gasteiger partial charge < -0.3 is 24.0 Å². The van der Waals surface area contributed by atoms with Crippen LogP contribution in [0.5, 0.6) is 11.5 Å². The Bertz CT molecular complexity index is 1070. The molecule has 41 heavy (non-hydrogen) atoms. The molecule has 0 aromatic heterocycles. The lowest BCUT2D eigenvalue weighted by Crippen LogP contribution is -2.46. The van der Waals surface area contributed by atoms with E-state index in [4.69, 9.17) is 9.47 Å². The summed E-state index contributed by atoms with van der Waals surface area (Å²) in [7, 11) is 6.58. The predicted molar refractivity (Wildman–Crippen MR) is 163 cm³/mol. The molecule has 0 bridgehead atoms. The van der Waals surface area contributed by atoms with Crippen LogP contribution in [0.15, 0.2) is 29.8 Å². The SMILES string of the molecule is CCCCN(CCCC[N+](C)(C)C)C(=O)CN1CC(c2ccc3c(c2)OCO3)C(C(=O)O)C1CC(C)(C)C=C(C)C. The van der Waals surface area contributed by atoms with Crippen molar-refractivity contribution in [3.8, 4) is 11.5 Å². The molecule has 8 heteroatoms. The maximum atomic E-state index is 13.8. The van der Waals surface area contributed by atoms with Crippen LogP contribution in [0.25, 0.3) is 0 Å². The lowest BCUT2D eigenvalue weighted by molar-refractivity contribution is -0.870. The molecule has 1 fully saturated rings. The van der Waals surface area contributed by atoms with Crippen molar-refractivity contribution in [3.05, 3.63) is 35.4 Å². The highest BCUT2D eigenvalue weighted by Crippen LogP contribution is 2.45. The van der Waals surface area contributed by atoms with Crippen LogP contribution < -0.4 is 9.47 Å². The molecule has 2 aliphatic rings. The van der Waals surface area contributed by atoms with Crippen molar-refractivity contribution < 1.29 is 28.7 Å². The first-order chi connectivity index (χ1) is 19.2. The number of hydrogen-bond donors (Lipinski definition) is 1. The molecule has 1 saturated heterocycles. The van der Waals surface area contributed by atoms with Crippen molar-refractivity contribution in [2.45, 2.75) is 78.7 Å². The summed E-state index contributed by atoms with van der Waals surface area (Å²) >= 11 is 0. The summed E-state index contributed by atoms with van der Waals surface area (Å²) < 4.78 is 12.0. The molecule has 3 rings (SSSR count). The first-order valence-corrected chi connectivity index (χ1v) is 15.3. The zero-order chi connectivity index (χ0) is 30.4. The van der Waals surface area contributed by atoms with E-state index in [2.05, 4.69) is 66.7 Å². The van der Waals surface area contributed by atoms with E-state index in [9.17, 15) is 14.7 Å². The number of rotatable bonds is 15. The molecule has 230 valence electrons. The summed E-state index contributed by atoms with van der Waals surface area (Å²) in [6.07, 6.45) is 6.91. The van der Waals surface area contributed by atoms with E-state index in [1.807, 2.05) is 23.1 Å². The number of amides is 1. The monoisotopic (exact) mass is 572 g/mol. The summed E-state index contributed by atoms with van der Waals surface area (Å²) in [4.78, 5) is 30.9. The van der Waals surface area contributed by atoms with Crippen LogP contribution >= 0.6 is 0 Å². The fraction of sp³-hybridized carbons (Fsp3) is 0.697. The van der Waals surface area contributed by atoms with Gasteiger partial charge in [0, 0.05) is 31.6 Å². The highest BCUT2D eigenvalue weighted by molar-refractivity contribution is 5.79. The smallest absolute Gasteiger partial charge is 0.308 e. The molecule has 0 radical (unpaired) electrons. The fourth-order valence-electron chi connectivity index (χ4n) is 6.48. The van der Waals surface area contributed by atoms with E-state index in [1.165, 1.54) is 5.57 Å². The number of quaternary nitrogens is 1. The number of carboxylic acids is 1. The van der Waals surface area contributed by atoms with Gasteiger partial charge in [-0.25, -0.2) is 0 Å².